The minimum absolute atomic E-state index is 0.227. The molecule has 0 saturated carbocycles. The van der Waals surface area contributed by atoms with Crippen molar-refractivity contribution in [2.24, 2.45) is 11.8 Å². The largest absolute Gasteiger partial charge is 0.496 e. The van der Waals surface area contributed by atoms with E-state index in [1.54, 1.807) is 14.2 Å². The highest BCUT2D eigenvalue weighted by Gasteiger charge is 2.32. The van der Waals surface area contributed by atoms with E-state index >= 15 is 0 Å². The van der Waals surface area contributed by atoms with Crippen LogP contribution < -0.4 is 9.47 Å². The number of hydrogen-bond acceptors (Lipinski definition) is 8. The molecule has 2 atom stereocenters. The van der Waals surface area contributed by atoms with Crippen LogP contribution in [0.3, 0.4) is 0 Å². The highest BCUT2D eigenvalue weighted by atomic mass is 35.5. The van der Waals surface area contributed by atoms with Gasteiger partial charge in [0.05, 0.1) is 30.9 Å². The molecule has 2 N–H and O–H groups in total. The molecule has 50 heavy (non-hydrogen) atoms. The zero-order valence-corrected chi connectivity index (χ0v) is 30.4. The third-order valence-corrected chi connectivity index (χ3v) is 12.4. The van der Waals surface area contributed by atoms with Crippen LogP contribution in [0, 0.1) is 18.8 Å². The van der Waals surface area contributed by atoms with Crippen LogP contribution in [0.15, 0.2) is 65.6 Å². The molecule has 3 aliphatic rings. The molecule has 3 heterocycles. The predicted molar refractivity (Wildman–Crippen MR) is 198 cm³/mol. The van der Waals surface area contributed by atoms with Gasteiger partial charge in [-0.15, -0.1) is 11.8 Å². The maximum Gasteiger partial charge on any atom is 0.307 e. The Balaban J connectivity index is 1.10. The zero-order chi connectivity index (χ0) is 34.9. The van der Waals surface area contributed by atoms with Crippen LogP contribution in [-0.2, 0) is 24.3 Å². The Hall–Kier alpha value is -3.60. The molecular weight excluding hydrogens is 670 g/mol. The van der Waals surface area contributed by atoms with E-state index in [0.29, 0.717) is 41.6 Å². The topological polar surface area (TPSA) is 95.4 Å². The van der Waals surface area contributed by atoms with Crippen molar-refractivity contribution in [3.8, 4) is 34.0 Å². The van der Waals surface area contributed by atoms with E-state index < -0.39 is 5.97 Å². The molecule has 0 radical (unpaired) electrons. The number of nitrogens with zero attached hydrogens (tertiary/aromatic N) is 3. The number of fused-ring (bicyclic) bond motifs is 1. The molecule has 4 aromatic rings. The van der Waals surface area contributed by atoms with Gasteiger partial charge in [0, 0.05) is 77.6 Å². The summed E-state index contributed by atoms with van der Waals surface area (Å²) in [6, 6.07) is 21.1. The number of benzene rings is 3. The summed E-state index contributed by atoms with van der Waals surface area (Å²) < 4.78 is 11.7. The second-order valence-corrected chi connectivity index (χ2v) is 15.4. The minimum Gasteiger partial charge on any atom is -0.496 e. The van der Waals surface area contributed by atoms with Crippen molar-refractivity contribution in [3.05, 3.63) is 93.5 Å². The van der Waals surface area contributed by atoms with Crippen LogP contribution in [0.25, 0.3) is 22.4 Å². The number of aliphatic carboxylic acids is 1. The van der Waals surface area contributed by atoms with Gasteiger partial charge in [-0.1, -0.05) is 60.1 Å². The van der Waals surface area contributed by atoms with E-state index in [1.165, 1.54) is 21.6 Å². The molecule has 10 heteroatoms. The van der Waals surface area contributed by atoms with E-state index in [0.717, 1.165) is 78.3 Å². The number of rotatable bonds is 12. The molecule has 1 unspecified atom stereocenters. The van der Waals surface area contributed by atoms with E-state index in [-0.39, 0.29) is 12.5 Å². The average Bonchev–Trinajstić information content (AvgIpc) is 3.75. The van der Waals surface area contributed by atoms with Gasteiger partial charge in [-0.25, -0.2) is 4.98 Å². The molecule has 7 rings (SSSR count). The number of hydrogen-bond donors (Lipinski definition) is 2. The zero-order valence-electron chi connectivity index (χ0n) is 28.8. The normalized spacial score (nSPS) is 19.4. The first-order valence-electron chi connectivity index (χ1n) is 17.3. The van der Waals surface area contributed by atoms with Crippen molar-refractivity contribution >= 4 is 29.3 Å². The summed E-state index contributed by atoms with van der Waals surface area (Å²) in [6.07, 6.45) is 2.67. The first-order chi connectivity index (χ1) is 24.3. The number of halogens is 1. The molecule has 2 aliphatic heterocycles. The monoisotopic (exact) mass is 713 g/mol. The number of aliphatic hydroxyl groups is 1. The van der Waals surface area contributed by atoms with Gasteiger partial charge < -0.3 is 19.7 Å². The molecule has 2 saturated heterocycles. The van der Waals surface area contributed by atoms with Crippen LogP contribution in [0.1, 0.15) is 45.9 Å². The maximum atomic E-state index is 11.5. The Morgan fingerprint density at radius 3 is 2.40 bits per heavy atom. The standard InChI is InChI=1S/C40H44ClN3O5S/c1-24-29(31-7-4-8-33(37(31)41)34-14-11-27(39(42-34)49-3)21-44-18-25(19-44)23-45)6-5-9-35(24)50-36-15-13-32-30(36)12-10-26(38(32)48-2)20-43-17-16-28(22-43)40(46)47/h4-12,14,25,28,36,45H,13,15-23H2,1-3H3,(H,46,47)/t28-,36?/m1/s1. The minimum atomic E-state index is -0.706. The molecule has 0 amide bonds. The molecule has 0 spiro atoms. The molecule has 3 aromatic carbocycles. The van der Waals surface area contributed by atoms with Crippen molar-refractivity contribution in [2.75, 3.05) is 47.0 Å². The van der Waals surface area contributed by atoms with Gasteiger partial charge in [0.15, 0.2) is 0 Å². The number of methoxy groups -OCH3 is 2. The number of likely N-dealkylation sites (tertiary alicyclic amines) is 2. The van der Waals surface area contributed by atoms with Crippen molar-refractivity contribution in [1.29, 1.82) is 0 Å². The molecule has 8 nitrogen and oxygen atoms in total. The van der Waals surface area contributed by atoms with Crippen molar-refractivity contribution < 1.29 is 24.5 Å². The van der Waals surface area contributed by atoms with Crippen molar-refractivity contribution in [1.82, 2.24) is 14.8 Å². The molecule has 2 fully saturated rings. The van der Waals surface area contributed by atoms with E-state index in [2.05, 4.69) is 59.2 Å². The van der Waals surface area contributed by atoms with Crippen LogP contribution >= 0.6 is 23.4 Å². The quantitative estimate of drug-likeness (QED) is 0.155. The second-order valence-electron chi connectivity index (χ2n) is 13.7. The Labute approximate surface area is 303 Å². The average molecular weight is 714 g/mol. The Kier molecular flexibility index (Phi) is 10.4. The summed E-state index contributed by atoms with van der Waals surface area (Å²) >= 11 is 9.08. The lowest BCUT2D eigenvalue weighted by Crippen LogP contribution is -2.47. The predicted octanol–water partition coefficient (Wildman–Crippen LogP) is 7.50. The number of carbonyl (C=O) groups is 1. The van der Waals surface area contributed by atoms with Gasteiger partial charge in [0.25, 0.3) is 0 Å². The summed E-state index contributed by atoms with van der Waals surface area (Å²) in [7, 11) is 3.40. The fraction of sp³-hybridized carbons (Fsp3) is 0.400. The fourth-order valence-corrected chi connectivity index (χ4v) is 9.46. The number of thioether (sulfide) groups is 1. The number of ether oxygens (including phenoxy) is 2. The first-order valence-corrected chi connectivity index (χ1v) is 18.6. The third-order valence-electron chi connectivity index (χ3n) is 10.5. The van der Waals surface area contributed by atoms with Crippen LogP contribution in [0.2, 0.25) is 5.02 Å². The van der Waals surface area contributed by atoms with Gasteiger partial charge >= 0.3 is 5.97 Å². The fourth-order valence-electron chi connectivity index (χ4n) is 7.81. The van der Waals surface area contributed by atoms with Gasteiger partial charge in [0.1, 0.15) is 5.75 Å². The van der Waals surface area contributed by atoms with Gasteiger partial charge in [-0.3, -0.25) is 14.6 Å². The van der Waals surface area contributed by atoms with Crippen LogP contribution in [0.4, 0.5) is 0 Å². The summed E-state index contributed by atoms with van der Waals surface area (Å²) in [5.41, 5.74) is 9.61. The molecule has 0 bridgehead atoms. The maximum absolute atomic E-state index is 11.5. The smallest absolute Gasteiger partial charge is 0.307 e. The summed E-state index contributed by atoms with van der Waals surface area (Å²) in [5.74, 6) is 0.898. The molecule has 1 aromatic heterocycles. The summed E-state index contributed by atoms with van der Waals surface area (Å²) in [6.45, 7) is 6.97. The highest BCUT2D eigenvalue weighted by Crippen LogP contribution is 2.50. The number of aliphatic hydroxyl groups excluding tert-OH is 1. The lowest BCUT2D eigenvalue weighted by atomic mass is 9.97. The lowest BCUT2D eigenvalue weighted by Gasteiger charge is -2.38. The Bertz CT molecular complexity index is 1900. The number of carboxylic acid groups (broad SMARTS) is 1. The van der Waals surface area contributed by atoms with E-state index in [1.807, 2.05) is 30.0 Å². The van der Waals surface area contributed by atoms with Gasteiger partial charge in [0.2, 0.25) is 5.88 Å². The summed E-state index contributed by atoms with van der Waals surface area (Å²) in [5, 5.41) is 19.8. The SMILES string of the molecule is COc1nc(-c2cccc(-c3cccc(SC4CCc5c4ccc(CN4CC[C@@H](C(=O)O)C4)c5OC)c3C)c2Cl)ccc1CN1CC(CO)C1. The lowest BCUT2D eigenvalue weighted by molar-refractivity contribution is -0.141. The number of pyridine rings is 1. The first kappa shape index (κ1) is 34.8. The van der Waals surface area contributed by atoms with E-state index in [9.17, 15) is 15.0 Å². The van der Waals surface area contributed by atoms with Crippen LogP contribution in [0.5, 0.6) is 11.6 Å². The molecule has 262 valence electrons. The summed E-state index contributed by atoms with van der Waals surface area (Å²) in [4.78, 5) is 22.1. The molecule has 1 aliphatic carbocycles. The van der Waals surface area contributed by atoms with E-state index in [4.69, 9.17) is 26.1 Å². The Morgan fingerprint density at radius 1 is 0.920 bits per heavy atom. The van der Waals surface area contributed by atoms with Gasteiger partial charge in [-0.05, 0) is 67.1 Å². The highest BCUT2D eigenvalue weighted by molar-refractivity contribution is 7.99. The van der Waals surface area contributed by atoms with Crippen LogP contribution in [-0.4, -0.2) is 78.0 Å². The van der Waals surface area contributed by atoms with Crippen molar-refractivity contribution in [2.45, 2.75) is 49.4 Å². The molecular formula is C40H44ClN3O5S. The van der Waals surface area contributed by atoms with Gasteiger partial charge in [-0.2, -0.15) is 0 Å². The number of carboxylic acids is 1. The Morgan fingerprint density at radius 2 is 1.66 bits per heavy atom. The number of aromatic nitrogens is 1. The van der Waals surface area contributed by atoms with Crippen molar-refractivity contribution in [3.63, 3.8) is 0 Å². The second kappa shape index (κ2) is 14.9. The third kappa shape index (κ3) is 6.86.